The summed E-state index contributed by atoms with van der Waals surface area (Å²) in [5.41, 5.74) is 1.50. The number of hydrogen-bond donors (Lipinski definition) is 2. The van der Waals surface area contributed by atoms with E-state index in [-0.39, 0.29) is 12.1 Å². The molecule has 2 amide bonds. The summed E-state index contributed by atoms with van der Waals surface area (Å²) in [4.78, 5) is 23.1. The average molecular weight is 327 g/mol. The first kappa shape index (κ1) is 16.2. The molecule has 1 aliphatic heterocycles. The van der Waals surface area contributed by atoms with Crippen molar-refractivity contribution >= 4 is 17.5 Å². The largest absolute Gasteiger partial charge is 0.378 e. The molecule has 24 heavy (non-hydrogen) atoms. The van der Waals surface area contributed by atoms with Gasteiger partial charge in [-0.2, -0.15) is 0 Å². The Hall–Kier alpha value is -2.67. The number of pyridine rings is 2. The van der Waals surface area contributed by atoms with Crippen molar-refractivity contribution in [3.8, 4) is 0 Å². The van der Waals surface area contributed by atoms with Crippen molar-refractivity contribution in [1.29, 1.82) is 0 Å². The Morgan fingerprint density at radius 3 is 2.71 bits per heavy atom. The summed E-state index contributed by atoms with van der Waals surface area (Å²) >= 11 is 0. The van der Waals surface area contributed by atoms with Crippen molar-refractivity contribution in [2.45, 2.75) is 13.0 Å². The number of amides is 2. The monoisotopic (exact) mass is 327 g/mol. The van der Waals surface area contributed by atoms with Gasteiger partial charge >= 0.3 is 6.03 Å². The summed E-state index contributed by atoms with van der Waals surface area (Å²) in [5.74, 6) is 0.765. The number of urea groups is 1. The van der Waals surface area contributed by atoms with Crippen LogP contribution in [0.5, 0.6) is 0 Å². The third kappa shape index (κ3) is 3.99. The Kier molecular flexibility index (Phi) is 5.22. The maximum Gasteiger partial charge on any atom is 0.319 e. The molecule has 2 aromatic rings. The van der Waals surface area contributed by atoms with Crippen molar-refractivity contribution in [3.63, 3.8) is 0 Å². The van der Waals surface area contributed by atoms with Gasteiger partial charge in [0.15, 0.2) is 5.82 Å². The van der Waals surface area contributed by atoms with Crippen LogP contribution in [0.3, 0.4) is 0 Å². The molecule has 2 aromatic heterocycles. The summed E-state index contributed by atoms with van der Waals surface area (Å²) in [7, 11) is 0. The van der Waals surface area contributed by atoms with E-state index in [0.717, 1.165) is 24.6 Å². The highest BCUT2D eigenvalue weighted by molar-refractivity contribution is 5.92. The van der Waals surface area contributed by atoms with Gasteiger partial charge < -0.3 is 20.3 Å². The van der Waals surface area contributed by atoms with E-state index in [1.807, 2.05) is 37.3 Å². The van der Waals surface area contributed by atoms with Crippen LogP contribution in [0.1, 0.15) is 18.7 Å². The first-order chi connectivity index (χ1) is 11.7. The number of anilines is 2. The molecule has 0 unspecified atom stereocenters. The first-order valence-corrected chi connectivity index (χ1v) is 8.00. The van der Waals surface area contributed by atoms with Crippen molar-refractivity contribution < 1.29 is 9.53 Å². The van der Waals surface area contributed by atoms with Gasteiger partial charge in [-0.25, -0.2) is 9.78 Å². The van der Waals surface area contributed by atoms with Crippen molar-refractivity contribution in [2.75, 3.05) is 36.5 Å². The minimum atomic E-state index is -0.282. The van der Waals surface area contributed by atoms with E-state index in [9.17, 15) is 4.79 Å². The number of aromatic nitrogens is 2. The predicted molar refractivity (Wildman–Crippen MR) is 92.1 cm³/mol. The van der Waals surface area contributed by atoms with Gasteiger partial charge in [-0.3, -0.25) is 4.98 Å². The zero-order valence-electron chi connectivity index (χ0n) is 13.6. The summed E-state index contributed by atoms with van der Waals surface area (Å²) in [6.45, 7) is 4.75. The summed E-state index contributed by atoms with van der Waals surface area (Å²) < 4.78 is 5.37. The second kappa shape index (κ2) is 7.74. The second-order valence-corrected chi connectivity index (χ2v) is 5.55. The standard InChI is InChI=1S/C17H21N5O2/c1-13(14-5-2-3-7-18-14)20-17(23)21-15-6-4-8-19-16(15)22-9-11-24-12-10-22/h2-8,13H,9-12H2,1H3,(H2,20,21,23)/t13-/m1/s1. The van der Waals surface area contributed by atoms with Crippen LogP contribution in [0.25, 0.3) is 0 Å². The van der Waals surface area contributed by atoms with Gasteiger partial charge in [-0.1, -0.05) is 6.07 Å². The molecular weight excluding hydrogens is 306 g/mol. The summed E-state index contributed by atoms with van der Waals surface area (Å²) in [6.07, 6.45) is 3.44. The van der Waals surface area contributed by atoms with E-state index in [1.54, 1.807) is 12.4 Å². The molecule has 0 aromatic carbocycles. The number of ether oxygens (including phenoxy) is 1. The molecule has 0 bridgehead atoms. The lowest BCUT2D eigenvalue weighted by Crippen LogP contribution is -2.38. The highest BCUT2D eigenvalue weighted by atomic mass is 16.5. The molecule has 1 fully saturated rings. The Bertz CT molecular complexity index is 674. The van der Waals surface area contributed by atoms with Gasteiger partial charge in [0, 0.05) is 25.5 Å². The third-order valence-corrected chi connectivity index (χ3v) is 3.82. The number of rotatable bonds is 4. The molecular formula is C17H21N5O2. The second-order valence-electron chi connectivity index (χ2n) is 5.55. The summed E-state index contributed by atoms with van der Waals surface area (Å²) in [5, 5.41) is 5.78. The first-order valence-electron chi connectivity index (χ1n) is 8.00. The minimum Gasteiger partial charge on any atom is -0.378 e. The fraction of sp³-hybridized carbons (Fsp3) is 0.353. The zero-order valence-corrected chi connectivity index (χ0v) is 13.6. The van der Waals surface area contributed by atoms with Crippen LogP contribution in [-0.4, -0.2) is 42.3 Å². The van der Waals surface area contributed by atoms with Crippen LogP contribution in [-0.2, 0) is 4.74 Å². The molecule has 0 saturated carbocycles. The quantitative estimate of drug-likeness (QED) is 0.900. The van der Waals surface area contributed by atoms with Gasteiger partial charge in [0.1, 0.15) is 0 Å². The number of carbonyl (C=O) groups excluding carboxylic acids is 1. The molecule has 0 radical (unpaired) electrons. The third-order valence-electron chi connectivity index (χ3n) is 3.82. The van der Waals surface area contributed by atoms with Crippen LogP contribution in [0.2, 0.25) is 0 Å². The maximum atomic E-state index is 12.3. The molecule has 1 aliphatic rings. The van der Waals surface area contributed by atoms with E-state index in [0.29, 0.717) is 18.9 Å². The Morgan fingerprint density at radius 1 is 1.17 bits per heavy atom. The molecule has 1 saturated heterocycles. The summed E-state index contributed by atoms with van der Waals surface area (Å²) in [6, 6.07) is 8.82. The smallest absolute Gasteiger partial charge is 0.319 e. The Labute approximate surface area is 141 Å². The maximum absolute atomic E-state index is 12.3. The highest BCUT2D eigenvalue weighted by Crippen LogP contribution is 2.23. The molecule has 1 atom stereocenters. The van der Waals surface area contributed by atoms with Crippen LogP contribution in [0, 0.1) is 0 Å². The van der Waals surface area contributed by atoms with Crippen LogP contribution in [0.4, 0.5) is 16.3 Å². The SMILES string of the molecule is C[C@@H](NC(=O)Nc1cccnc1N1CCOCC1)c1ccccn1. The van der Waals surface area contributed by atoms with Gasteiger partial charge in [0.25, 0.3) is 0 Å². The Morgan fingerprint density at radius 2 is 1.96 bits per heavy atom. The number of carbonyl (C=O) groups is 1. The molecule has 3 rings (SSSR count). The van der Waals surface area contributed by atoms with Crippen molar-refractivity contribution in [1.82, 2.24) is 15.3 Å². The number of hydrogen-bond acceptors (Lipinski definition) is 5. The van der Waals surface area contributed by atoms with Gasteiger partial charge in [0.05, 0.1) is 30.6 Å². The van der Waals surface area contributed by atoms with Crippen LogP contribution in [0.15, 0.2) is 42.7 Å². The predicted octanol–water partition coefficient (Wildman–Crippen LogP) is 2.20. The van der Waals surface area contributed by atoms with Gasteiger partial charge in [0.2, 0.25) is 0 Å². The fourth-order valence-corrected chi connectivity index (χ4v) is 2.58. The van der Waals surface area contributed by atoms with E-state index < -0.39 is 0 Å². The molecule has 2 N–H and O–H groups in total. The van der Waals surface area contributed by atoms with Crippen molar-refractivity contribution in [2.24, 2.45) is 0 Å². The van der Waals surface area contributed by atoms with Gasteiger partial charge in [-0.05, 0) is 31.2 Å². The lowest BCUT2D eigenvalue weighted by molar-refractivity contribution is 0.122. The van der Waals surface area contributed by atoms with E-state index in [1.165, 1.54) is 0 Å². The molecule has 3 heterocycles. The Balaban J connectivity index is 1.66. The van der Waals surface area contributed by atoms with E-state index in [2.05, 4.69) is 25.5 Å². The van der Waals surface area contributed by atoms with Crippen LogP contribution < -0.4 is 15.5 Å². The zero-order chi connectivity index (χ0) is 16.8. The number of morpholine rings is 1. The van der Waals surface area contributed by atoms with E-state index >= 15 is 0 Å². The lowest BCUT2D eigenvalue weighted by Gasteiger charge is -2.29. The minimum absolute atomic E-state index is 0.185. The highest BCUT2D eigenvalue weighted by Gasteiger charge is 2.18. The lowest BCUT2D eigenvalue weighted by atomic mass is 10.2. The van der Waals surface area contributed by atoms with E-state index in [4.69, 9.17) is 4.74 Å². The van der Waals surface area contributed by atoms with Crippen LogP contribution >= 0.6 is 0 Å². The molecule has 0 aliphatic carbocycles. The van der Waals surface area contributed by atoms with Gasteiger partial charge in [-0.15, -0.1) is 0 Å². The molecule has 126 valence electrons. The fourth-order valence-electron chi connectivity index (χ4n) is 2.58. The van der Waals surface area contributed by atoms with Crippen molar-refractivity contribution in [3.05, 3.63) is 48.4 Å². The molecule has 7 heteroatoms. The molecule has 0 spiro atoms. The topological polar surface area (TPSA) is 79.4 Å². The molecule has 7 nitrogen and oxygen atoms in total. The number of nitrogens with one attached hydrogen (secondary N) is 2. The normalized spacial score (nSPS) is 15.6. The number of nitrogens with zero attached hydrogens (tertiary/aromatic N) is 3. The average Bonchev–Trinajstić information content (AvgIpc) is 2.63.